The first-order chi connectivity index (χ1) is 10.0. The molecule has 1 unspecified atom stereocenters. The molecule has 1 fully saturated rings. The van der Waals surface area contributed by atoms with Crippen LogP contribution in [0.15, 0.2) is 12.3 Å². The van der Waals surface area contributed by atoms with Gasteiger partial charge in [0.25, 0.3) is 0 Å². The highest BCUT2D eigenvalue weighted by Crippen LogP contribution is 2.35. The smallest absolute Gasteiger partial charge is 0.160 e. The number of rotatable bonds is 3. The topological polar surface area (TPSA) is 39.9 Å². The van der Waals surface area contributed by atoms with Crippen molar-refractivity contribution < 1.29 is 4.74 Å². The number of imidazole rings is 1. The highest BCUT2D eigenvalue weighted by atomic mass is 35.5. The molecule has 1 atom stereocenters. The number of pyridine rings is 1. The third-order valence-electron chi connectivity index (χ3n) is 4.21. The molecule has 0 saturated carbocycles. The highest BCUT2D eigenvalue weighted by Gasteiger charge is 2.32. The van der Waals surface area contributed by atoms with Crippen molar-refractivity contribution in [1.29, 1.82) is 0 Å². The molecule has 3 heterocycles. The summed E-state index contributed by atoms with van der Waals surface area (Å²) >= 11 is 5.97. The van der Waals surface area contributed by atoms with Crippen LogP contribution in [0.1, 0.15) is 44.1 Å². The van der Waals surface area contributed by atoms with E-state index >= 15 is 0 Å². The first-order valence-corrected chi connectivity index (χ1v) is 8.07. The van der Waals surface area contributed by atoms with Gasteiger partial charge in [-0.15, -0.1) is 11.6 Å². The van der Waals surface area contributed by atoms with Gasteiger partial charge in [-0.1, -0.05) is 0 Å². The Morgan fingerprint density at radius 3 is 3.00 bits per heavy atom. The lowest BCUT2D eigenvalue weighted by Gasteiger charge is -2.36. The van der Waals surface area contributed by atoms with Gasteiger partial charge in [0.1, 0.15) is 11.3 Å². The summed E-state index contributed by atoms with van der Waals surface area (Å²) in [7, 11) is 0. The van der Waals surface area contributed by atoms with Gasteiger partial charge in [0, 0.05) is 31.1 Å². The first kappa shape index (κ1) is 14.8. The van der Waals surface area contributed by atoms with Gasteiger partial charge in [-0.05, 0) is 45.2 Å². The monoisotopic (exact) mass is 307 g/mol. The summed E-state index contributed by atoms with van der Waals surface area (Å²) in [6.07, 6.45) is 4.61. The number of halogens is 1. The quantitative estimate of drug-likeness (QED) is 0.813. The molecule has 0 bridgehead atoms. The van der Waals surface area contributed by atoms with Gasteiger partial charge >= 0.3 is 0 Å². The largest absolute Gasteiger partial charge is 0.375 e. The molecule has 2 aromatic rings. The Kier molecular flexibility index (Phi) is 3.93. The second-order valence-corrected chi connectivity index (χ2v) is 6.77. The van der Waals surface area contributed by atoms with Gasteiger partial charge in [-0.3, -0.25) is 0 Å². The van der Waals surface area contributed by atoms with Crippen molar-refractivity contribution in [2.75, 3.05) is 12.5 Å². The van der Waals surface area contributed by atoms with Crippen LogP contribution in [0.4, 0.5) is 0 Å². The average molecular weight is 308 g/mol. The maximum atomic E-state index is 5.97. The molecule has 3 rings (SSSR count). The Morgan fingerprint density at radius 1 is 1.48 bits per heavy atom. The van der Waals surface area contributed by atoms with Gasteiger partial charge in [-0.2, -0.15) is 0 Å². The summed E-state index contributed by atoms with van der Waals surface area (Å²) in [5.41, 5.74) is 3.06. The second-order valence-electron chi connectivity index (χ2n) is 6.39. The minimum atomic E-state index is -0.0957. The Labute approximate surface area is 130 Å². The van der Waals surface area contributed by atoms with E-state index in [4.69, 9.17) is 21.3 Å². The molecule has 1 aliphatic rings. The van der Waals surface area contributed by atoms with E-state index in [2.05, 4.69) is 30.3 Å². The lowest BCUT2D eigenvalue weighted by molar-refractivity contribution is -0.0689. The molecule has 21 heavy (non-hydrogen) atoms. The zero-order chi connectivity index (χ0) is 15.0. The molecule has 1 aliphatic heterocycles. The summed E-state index contributed by atoms with van der Waals surface area (Å²) in [5, 5.41) is 0. The maximum Gasteiger partial charge on any atom is 0.160 e. The molecule has 1 saturated heterocycles. The number of nitrogens with zero attached hydrogens (tertiary/aromatic N) is 3. The van der Waals surface area contributed by atoms with E-state index in [-0.39, 0.29) is 5.60 Å². The van der Waals surface area contributed by atoms with Crippen LogP contribution in [0.5, 0.6) is 0 Å². The summed E-state index contributed by atoms with van der Waals surface area (Å²) in [5.74, 6) is 1.62. The van der Waals surface area contributed by atoms with Crippen LogP contribution >= 0.6 is 11.6 Å². The number of alkyl halides is 1. The summed E-state index contributed by atoms with van der Waals surface area (Å²) in [6.45, 7) is 7.17. The normalized spacial score (nSPS) is 21.8. The van der Waals surface area contributed by atoms with Gasteiger partial charge in [0.05, 0.1) is 5.60 Å². The van der Waals surface area contributed by atoms with Crippen molar-refractivity contribution in [2.45, 2.75) is 51.7 Å². The molecule has 0 aromatic carbocycles. The van der Waals surface area contributed by atoms with E-state index in [9.17, 15) is 0 Å². The van der Waals surface area contributed by atoms with Crippen molar-refractivity contribution >= 4 is 22.8 Å². The fourth-order valence-electron chi connectivity index (χ4n) is 3.22. The zero-order valence-electron chi connectivity index (χ0n) is 12.9. The van der Waals surface area contributed by atoms with E-state index in [1.807, 2.05) is 12.3 Å². The lowest BCUT2D eigenvalue weighted by atomic mass is 9.93. The molecule has 0 spiro atoms. The van der Waals surface area contributed by atoms with Gasteiger partial charge in [0.15, 0.2) is 5.65 Å². The highest BCUT2D eigenvalue weighted by molar-refractivity contribution is 6.17. The third kappa shape index (κ3) is 2.79. The van der Waals surface area contributed by atoms with Crippen LogP contribution in [0.3, 0.4) is 0 Å². The molecule has 0 radical (unpaired) electrons. The van der Waals surface area contributed by atoms with Gasteiger partial charge < -0.3 is 9.30 Å². The summed E-state index contributed by atoms with van der Waals surface area (Å²) in [6, 6.07) is 2.39. The minimum absolute atomic E-state index is 0.0957. The van der Waals surface area contributed by atoms with Crippen molar-refractivity contribution in [1.82, 2.24) is 14.5 Å². The van der Waals surface area contributed by atoms with Crippen molar-refractivity contribution in [3.05, 3.63) is 23.7 Å². The molecule has 0 amide bonds. The minimum Gasteiger partial charge on any atom is -0.375 e. The number of aromatic nitrogens is 3. The molecular formula is C16H22ClN3O. The standard InChI is InChI=1S/C16H22ClN3O/c1-11-5-8-18-15-14(11)19-13(4-7-17)20(15)12-6-9-21-16(2,3)10-12/h5,8,12H,4,6-7,9-10H2,1-3H3. The van der Waals surface area contributed by atoms with Gasteiger partial charge in [0.2, 0.25) is 0 Å². The molecule has 114 valence electrons. The molecule has 0 N–H and O–H groups in total. The predicted octanol–water partition coefficient (Wildman–Crippen LogP) is 3.65. The molecular weight excluding hydrogens is 286 g/mol. The van der Waals surface area contributed by atoms with Crippen molar-refractivity contribution in [3.63, 3.8) is 0 Å². The number of aryl methyl sites for hydroxylation is 2. The fourth-order valence-corrected chi connectivity index (χ4v) is 3.39. The van der Waals surface area contributed by atoms with Crippen molar-refractivity contribution in [2.24, 2.45) is 0 Å². The van der Waals surface area contributed by atoms with Crippen LogP contribution in [-0.2, 0) is 11.2 Å². The van der Waals surface area contributed by atoms with Crippen LogP contribution in [0, 0.1) is 6.92 Å². The van der Waals surface area contributed by atoms with E-state index in [0.717, 1.165) is 42.9 Å². The Bertz CT molecular complexity index is 650. The Morgan fingerprint density at radius 2 is 2.29 bits per heavy atom. The Balaban J connectivity index is 2.11. The average Bonchev–Trinajstić information content (AvgIpc) is 2.78. The Hall–Kier alpha value is -1.13. The van der Waals surface area contributed by atoms with Crippen LogP contribution in [-0.4, -0.2) is 32.6 Å². The predicted molar refractivity (Wildman–Crippen MR) is 85.0 cm³/mol. The van der Waals surface area contributed by atoms with Crippen molar-refractivity contribution in [3.8, 4) is 0 Å². The zero-order valence-corrected chi connectivity index (χ0v) is 13.7. The molecule has 4 nitrogen and oxygen atoms in total. The summed E-state index contributed by atoms with van der Waals surface area (Å²) < 4.78 is 8.15. The van der Waals surface area contributed by atoms with Crippen LogP contribution in [0.2, 0.25) is 0 Å². The number of ether oxygens (including phenoxy) is 1. The number of hydrogen-bond donors (Lipinski definition) is 0. The number of fused-ring (bicyclic) bond motifs is 1. The molecule has 0 aliphatic carbocycles. The first-order valence-electron chi connectivity index (χ1n) is 7.54. The van der Waals surface area contributed by atoms with E-state index in [1.165, 1.54) is 5.56 Å². The van der Waals surface area contributed by atoms with Crippen LogP contribution < -0.4 is 0 Å². The number of hydrogen-bond acceptors (Lipinski definition) is 3. The van der Waals surface area contributed by atoms with E-state index in [0.29, 0.717) is 11.9 Å². The van der Waals surface area contributed by atoms with Gasteiger partial charge in [-0.25, -0.2) is 9.97 Å². The molecule has 2 aromatic heterocycles. The third-order valence-corrected chi connectivity index (χ3v) is 4.40. The van der Waals surface area contributed by atoms with E-state index < -0.39 is 0 Å². The fraction of sp³-hybridized carbons (Fsp3) is 0.625. The second kappa shape index (κ2) is 5.58. The lowest BCUT2D eigenvalue weighted by Crippen LogP contribution is -2.35. The molecule has 5 heteroatoms. The SMILES string of the molecule is Cc1ccnc2c1nc(CCCl)n2C1CCOC(C)(C)C1. The maximum absolute atomic E-state index is 5.97. The van der Waals surface area contributed by atoms with Crippen LogP contribution in [0.25, 0.3) is 11.2 Å². The van der Waals surface area contributed by atoms with E-state index in [1.54, 1.807) is 0 Å². The summed E-state index contributed by atoms with van der Waals surface area (Å²) in [4.78, 5) is 9.38.